The van der Waals surface area contributed by atoms with Gasteiger partial charge in [0, 0.05) is 0 Å². The molecule has 0 aliphatic carbocycles. The maximum atomic E-state index is 13.7. The van der Waals surface area contributed by atoms with Crippen LogP contribution in [0, 0.1) is 0 Å². The van der Waals surface area contributed by atoms with E-state index in [0.29, 0.717) is 32.7 Å². The van der Waals surface area contributed by atoms with E-state index in [1.165, 1.54) is 16.2 Å². The molecule has 0 N–H and O–H groups in total. The number of ether oxygens (including phenoxy) is 1. The first-order chi connectivity index (χ1) is 17.1. The average Bonchev–Trinajstić information content (AvgIpc) is 3.43. The molecule has 2 aromatic heterocycles. The van der Waals surface area contributed by atoms with Crippen molar-refractivity contribution in [3.05, 3.63) is 105 Å². The Morgan fingerprint density at radius 2 is 1.83 bits per heavy atom. The van der Waals surface area contributed by atoms with Crippen molar-refractivity contribution < 1.29 is 18.7 Å². The van der Waals surface area contributed by atoms with Gasteiger partial charge in [0.25, 0.3) is 5.91 Å². The SMILES string of the molecule is CCOC(=O)c1ccc2nc(N3C(=O)c4oc5ccccc5c(=O)c4[C@@H]3c3ccccc3)sc2c1. The topological polar surface area (TPSA) is 89.7 Å². The molecule has 7 nitrogen and oxygen atoms in total. The number of carbonyl (C=O) groups is 2. The van der Waals surface area contributed by atoms with E-state index in [0.717, 1.165) is 10.3 Å². The quantitative estimate of drug-likeness (QED) is 0.322. The summed E-state index contributed by atoms with van der Waals surface area (Å²) < 4.78 is 11.8. The Labute approximate surface area is 203 Å². The molecule has 35 heavy (non-hydrogen) atoms. The fourth-order valence-corrected chi connectivity index (χ4v) is 5.46. The third kappa shape index (κ3) is 3.33. The summed E-state index contributed by atoms with van der Waals surface area (Å²) in [6, 6.07) is 20.7. The van der Waals surface area contributed by atoms with Gasteiger partial charge in [0.05, 0.1) is 39.4 Å². The van der Waals surface area contributed by atoms with E-state index in [2.05, 4.69) is 4.98 Å². The average molecular weight is 483 g/mol. The van der Waals surface area contributed by atoms with Gasteiger partial charge < -0.3 is 9.15 Å². The van der Waals surface area contributed by atoms with Crippen LogP contribution >= 0.6 is 11.3 Å². The standard InChI is InChI=1S/C27H18N2O5S/c1-2-33-26(32)16-12-13-18-20(14-16)35-27(28-18)29-22(15-8-4-3-5-9-15)21-23(30)17-10-6-7-11-19(17)34-24(21)25(29)31/h3-14,22H,2H2,1H3/t22-/m0/s1. The molecule has 1 atom stereocenters. The van der Waals surface area contributed by atoms with Gasteiger partial charge in [-0.15, -0.1) is 0 Å². The number of hydrogen-bond acceptors (Lipinski definition) is 7. The van der Waals surface area contributed by atoms with Crippen molar-refractivity contribution >= 4 is 49.5 Å². The molecule has 6 rings (SSSR count). The van der Waals surface area contributed by atoms with Gasteiger partial charge in [-0.3, -0.25) is 14.5 Å². The first-order valence-electron chi connectivity index (χ1n) is 11.1. The number of hydrogen-bond donors (Lipinski definition) is 0. The van der Waals surface area contributed by atoms with Crippen LogP contribution in [0.4, 0.5) is 5.13 Å². The molecule has 172 valence electrons. The largest absolute Gasteiger partial charge is 0.462 e. The normalized spacial score (nSPS) is 15.1. The van der Waals surface area contributed by atoms with Crippen LogP contribution in [0.1, 0.15) is 45.0 Å². The Hall–Kier alpha value is -4.30. The zero-order chi connectivity index (χ0) is 24.1. The van der Waals surface area contributed by atoms with E-state index in [-0.39, 0.29) is 17.8 Å². The molecule has 0 saturated heterocycles. The predicted octanol–water partition coefficient (Wildman–Crippen LogP) is 5.33. The van der Waals surface area contributed by atoms with E-state index in [1.807, 2.05) is 30.3 Å². The maximum absolute atomic E-state index is 13.7. The molecule has 3 aromatic carbocycles. The van der Waals surface area contributed by atoms with Crippen molar-refractivity contribution in [2.75, 3.05) is 11.5 Å². The number of fused-ring (bicyclic) bond motifs is 3. The van der Waals surface area contributed by atoms with E-state index in [4.69, 9.17) is 9.15 Å². The van der Waals surface area contributed by atoms with Crippen molar-refractivity contribution in [3.63, 3.8) is 0 Å². The third-order valence-electron chi connectivity index (χ3n) is 5.99. The second-order valence-electron chi connectivity index (χ2n) is 8.06. The smallest absolute Gasteiger partial charge is 0.338 e. The molecule has 5 aromatic rings. The van der Waals surface area contributed by atoms with Crippen LogP contribution in [0.5, 0.6) is 0 Å². The summed E-state index contributed by atoms with van der Waals surface area (Å²) in [4.78, 5) is 45.7. The number of nitrogens with zero attached hydrogens (tertiary/aromatic N) is 2. The second kappa shape index (κ2) is 8.18. The lowest BCUT2D eigenvalue weighted by molar-refractivity contribution is 0.0526. The Morgan fingerprint density at radius 1 is 1.06 bits per heavy atom. The first-order valence-corrected chi connectivity index (χ1v) is 11.9. The molecule has 8 heteroatoms. The number of esters is 1. The van der Waals surface area contributed by atoms with Gasteiger partial charge >= 0.3 is 5.97 Å². The summed E-state index contributed by atoms with van der Waals surface area (Å²) in [7, 11) is 0. The van der Waals surface area contributed by atoms with Crippen molar-refractivity contribution in [2.45, 2.75) is 13.0 Å². The predicted molar refractivity (Wildman–Crippen MR) is 133 cm³/mol. The minimum absolute atomic E-state index is 0.0222. The lowest BCUT2D eigenvalue weighted by Crippen LogP contribution is -2.29. The van der Waals surface area contributed by atoms with Gasteiger partial charge in [0.2, 0.25) is 5.76 Å². The van der Waals surface area contributed by atoms with Gasteiger partial charge in [-0.2, -0.15) is 0 Å². The van der Waals surface area contributed by atoms with Crippen LogP contribution in [0.3, 0.4) is 0 Å². The monoisotopic (exact) mass is 482 g/mol. The second-order valence-corrected chi connectivity index (χ2v) is 9.07. The van der Waals surface area contributed by atoms with Crippen LogP contribution in [-0.2, 0) is 4.74 Å². The van der Waals surface area contributed by atoms with Crippen LogP contribution in [0.2, 0.25) is 0 Å². The van der Waals surface area contributed by atoms with Gasteiger partial charge in [0.1, 0.15) is 5.58 Å². The van der Waals surface area contributed by atoms with Crippen molar-refractivity contribution in [3.8, 4) is 0 Å². The number of amides is 1. The van der Waals surface area contributed by atoms with Crippen LogP contribution in [0.25, 0.3) is 21.2 Å². The number of anilines is 1. The summed E-state index contributed by atoms with van der Waals surface area (Å²) >= 11 is 1.27. The zero-order valence-corrected chi connectivity index (χ0v) is 19.4. The summed E-state index contributed by atoms with van der Waals surface area (Å²) in [5.74, 6) is -0.826. The minimum Gasteiger partial charge on any atom is -0.462 e. The highest BCUT2D eigenvalue weighted by Gasteiger charge is 2.44. The third-order valence-corrected chi connectivity index (χ3v) is 7.00. The fraction of sp³-hybridized carbons (Fsp3) is 0.111. The number of thiazole rings is 1. The van der Waals surface area contributed by atoms with Crippen molar-refractivity contribution in [2.24, 2.45) is 0 Å². The van der Waals surface area contributed by atoms with Crippen LogP contribution in [0.15, 0.2) is 82.0 Å². The number of benzene rings is 3. The lowest BCUT2D eigenvalue weighted by atomic mass is 9.99. The zero-order valence-electron chi connectivity index (χ0n) is 18.6. The molecule has 0 radical (unpaired) electrons. The highest BCUT2D eigenvalue weighted by atomic mass is 32.1. The lowest BCUT2D eigenvalue weighted by Gasteiger charge is -2.22. The summed E-state index contributed by atoms with van der Waals surface area (Å²) in [6.45, 7) is 2.03. The molecule has 0 fully saturated rings. The van der Waals surface area contributed by atoms with Crippen LogP contribution < -0.4 is 10.3 Å². The first kappa shape index (κ1) is 21.2. The van der Waals surface area contributed by atoms with Gasteiger partial charge in [-0.25, -0.2) is 9.78 Å². The summed E-state index contributed by atoms with van der Waals surface area (Å²) in [5, 5.41) is 0.833. The van der Waals surface area contributed by atoms with E-state index in [9.17, 15) is 14.4 Å². The van der Waals surface area contributed by atoms with E-state index in [1.54, 1.807) is 49.4 Å². The summed E-state index contributed by atoms with van der Waals surface area (Å²) in [6.07, 6.45) is 0. The highest BCUT2D eigenvalue weighted by Crippen LogP contribution is 2.43. The van der Waals surface area contributed by atoms with Gasteiger partial charge in [0.15, 0.2) is 10.6 Å². The Kier molecular flexibility index (Phi) is 4.96. The molecular weight excluding hydrogens is 464 g/mol. The number of aromatic nitrogens is 1. The molecule has 0 unspecified atom stereocenters. The molecule has 0 bridgehead atoms. The van der Waals surface area contributed by atoms with E-state index >= 15 is 0 Å². The fourth-order valence-electron chi connectivity index (χ4n) is 4.42. The Balaban J connectivity index is 1.55. The number of rotatable bonds is 4. The van der Waals surface area contributed by atoms with Crippen LogP contribution in [-0.4, -0.2) is 23.5 Å². The maximum Gasteiger partial charge on any atom is 0.338 e. The molecule has 1 amide bonds. The summed E-state index contributed by atoms with van der Waals surface area (Å²) in [5.41, 5.74) is 2.24. The highest BCUT2D eigenvalue weighted by molar-refractivity contribution is 7.22. The molecular formula is C27H18N2O5S. The number of carbonyl (C=O) groups excluding carboxylic acids is 2. The van der Waals surface area contributed by atoms with E-state index < -0.39 is 17.9 Å². The molecule has 1 aliphatic rings. The molecule has 0 saturated carbocycles. The van der Waals surface area contributed by atoms with Crippen molar-refractivity contribution in [1.29, 1.82) is 0 Å². The van der Waals surface area contributed by atoms with Gasteiger partial charge in [-0.05, 0) is 42.8 Å². The Bertz CT molecular complexity index is 1690. The molecule has 1 aliphatic heterocycles. The molecule has 0 spiro atoms. The minimum atomic E-state index is -0.690. The van der Waals surface area contributed by atoms with Crippen molar-refractivity contribution in [1.82, 2.24) is 4.98 Å². The number of para-hydroxylation sites is 1. The molecule has 3 heterocycles. The Morgan fingerprint density at radius 3 is 2.63 bits per heavy atom. The van der Waals surface area contributed by atoms with Gasteiger partial charge in [-0.1, -0.05) is 53.8 Å².